The molecule has 0 aliphatic heterocycles. The van der Waals surface area contributed by atoms with Crippen molar-refractivity contribution >= 4 is 0 Å². The maximum Gasteiger partial charge on any atom is 0.0818 e. The third-order valence-electron chi connectivity index (χ3n) is 2.69. The minimum Gasteiger partial charge on any atom is -0.388 e. The van der Waals surface area contributed by atoms with Crippen molar-refractivity contribution in [3.8, 4) is 0 Å². The van der Waals surface area contributed by atoms with Crippen LogP contribution in [-0.4, -0.2) is 5.11 Å². The lowest BCUT2D eigenvalue weighted by Crippen LogP contribution is -2.09. The summed E-state index contributed by atoms with van der Waals surface area (Å²) < 4.78 is 0. The van der Waals surface area contributed by atoms with Crippen LogP contribution >= 0.6 is 0 Å². The van der Waals surface area contributed by atoms with Crippen molar-refractivity contribution in [1.29, 1.82) is 0 Å². The van der Waals surface area contributed by atoms with Gasteiger partial charge in [-0.3, -0.25) is 0 Å². The van der Waals surface area contributed by atoms with E-state index in [1.54, 1.807) is 0 Å². The van der Waals surface area contributed by atoms with Gasteiger partial charge in [-0.05, 0) is 24.0 Å². The summed E-state index contributed by atoms with van der Waals surface area (Å²) in [6.45, 7) is 6.23. The van der Waals surface area contributed by atoms with E-state index in [0.29, 0.717) is 5.92 Å². The summed E-state index contributed by atoms with van der Waals surface area (Å²) in [6.07, 6.45) is 0.696. The third-order valence-corrected chi connectivity index (χ3v) is 2.69. The number of rotatable bonds is 3. The van der Waals surface area contributed by atoms with Crippen LogP contribution in [-0.2, 0) is 0 Å². The zero-order valence-corrected chi connectivity index (χ0v) is 8.62. The average molecular weight is 178 g/mol. The second-order valence-electron chi connectivity index (χ2n) is 3.69. The van der Waals surface area contributed by atoms with Crippen LogP contribution in [0.1, 0.15) is 37.5 Å². The highest BCUT2D eigenvalue weighted by atomic mass is 16.3. The van der Waals surface area contributed by atoms with Crippen LogP contribution in [0.15, 0.2) is 24.3 Å². The molecule has 0 radical (unpaired) electrons. The summed E-state index contributed by atoms with van der Waals surface area (Å²) in [6, 6.07) is 8.03. The molecule has 1 N–H and O–H groups in total. The molecular weight excluding hydrogens is 160 g/mol. The molecule has 0 aliphatic carbocycles. The predicted molar refractivity (Wildman–Crippen MR) is 55.6 cm³/mol. The maximum absolute atomic E-state index is 9.97. The highest BCUT2D eigenvalue weighted by Crippen LogP contribution is 2.26. The van der Waals surface area contributed by atoms with Crippen molar-refractivity contribution in [2.24, 2.45) is 5.92 Å². The van der Waals surface area contributed by atoms with E-state index in [4.69, 9.17) is 0 Å². The second kappa shape index (κ2) is 4.43. The Morgan fingerprint density at radius 1 is 1.31 bits per heavy atom. The monoisotopic (exact) mass is 178 g/mol. The Kier molecular flexibility index (Phi) is 3.49. The van der Waals surface area contributed by atoms with Crippen molar-refractivity contribution in [2.75, 3.05) is 0 Å². The van der Waals surface area contributed by atoms with E-state index >= 15 is 0 Å². The zero-order chi connectivity index (χ0) is 9.84. The molecule has 0 fully saturated rings. The van der Waals surface area contributed by atoms with E-state index < -0.39 is 0 Å². The van der Waals surface area contributed by atoms with Gasteiger partial charge >= 0.3 is 0 Å². The maximum atomic E-state index is 9.97. The number of aryl methyl sites for hydroxylation is 1. The van der Waals surface area contributed by atoms with Crippen molar-refractivity contribution in [3.05, 3.63) is 35.4 Å². The average Bonchev–Trinajstić information content (AvgIpc) is 2.16. The van der Waals surface area contributed by atoms with Crippen LogP contribution in [0.25, 0.3) is 0 Å². The Morgan fingerprint density at radius 3 is 2.46 bits per heavy atom. The smallest absolute Gasteiger partial charge is 0.0818 e. The first-order valence-electron chi connectivity index (χ1n) is 4.90. The second-order valence-corrected chi connectivity index (χ2v) is 3.69. The molecule has 1 aromatic carbocycles. The molecule has 0 saturated heterocycles. The standard InChI is InChI=1S/C12H18O/c1-4-9(2)12(13)11-8-6-5-7-10(11)3/h5-9,12-13H,4H2,1-3H3/t9-,12-/m1/s1. The Balaban J connectivity index is 2.88. The van der Waals surface area contributed by atoms with E-state index in [1.165, 1.54) is 5.56 Å². The van der Waals surface area contributed by atoms with Gasteiger partial charge in [0.15, 0.2) is 0 Å². The molecule has 1 nitrogen and oxygen atoms in total. The number of aliphatic hydroxyl groups is 1. The first kappa shape index (κ1) is 10.3. The van der Waals surface area contributed by atoms with Gasteiger partial charge in [-0.15, -0.1) is 0 Å². The number of benzene rings is 1. The van der Waals surface area contributed by atoms with Gasteiger partial charge in [0.1, 0.15) is 0 Å². The highest BCUT2D eigenvalue weighted by molar-refractivity contribution is 5.27. The fourth-order valence-electron chi connectivity index (χ4n) is 1.45. The van der Waals surface area contributed by atoms with Crippen molar-refractivity contribution in [1.82, 2.24) is 0 Å². The summed E-state index contributed by atoms with van der Waals surface area (Å²) in [4.78, 5) is 0. The lowest BCUT2D eigenvalue weighted by atomic mass is 9.92. The Labute approximate surface area is 80.4 Å². The summed E-state index contributed by atoms with van der Waals surface area (Å²) >= 11 is 0. The van der Waals surface area contributed by atoms with Crippen LogP contribution in [0.3, 0.4) is 0 Å². The molecule has 0 unspecified atom stereocenters. The highest BCUT2D eigenvalue weighted by Gasteiger charge is 2.15. The van der Waals surface area contributed by atoms with Gasteiger partial charge in [-0.25, -0.2) is 0 Å². The minimum atomic E-state index is -0.314. The largest absolute Gasteiger partial charge is 0.388 e. The molecule has 72 valence electrons. The predicted octanol–water partition coefficient (Wildman–Crippen LogP) is 3.07. The number of hydrogen-bond donors (Lipinski definition) is 1. The van der Waals surface area contributed by atoms with Crippen LogP contribution in [0.2, 0.25) is 0 Å². The lowest BCUT2D eigenvalue weighted by molar-refractivity contribution is 0.115. The molecule has 1 rings (SSSR count). The Morgan fingerprint density at radius 2 is 1.92 bits per heavy atom. The van der Waals surface area contributed by atoms with Gasteiger partial charge in [0.2, 0.25) is 0 Å². The molecule has 0 spiro atoms. The van der Waals surface area contributed by atoms with Crippen LogP contribution in [0.5, 0.6) is 0 Å². The molecule has 0 heterocycles. The van der Waals surface area contributed by atoms with Gasteiger partial charge in [0, 0.05) is 0 Å². The SMILES string of the molecule is CC[C@@H](C)[C@@H](O)c1ccccc1C. The summed E-state index contributed by atoms with van der Waals surface area (Å²) in [5, 5.41) is 9.97. The molecule has 2 atom stereocenters. The van der Waals surface area contributed by atoms with Gasteiger partial charge in [-0.2, -0.15) is 0 Å². The molecule has 0 saturated carbocycles. The zero-order valence-electron chi connectivity index (χ0n) is 8.62. The first-order valence-corrected chi connectivity index (χ1v) is 4.90. The molecular formula is C12H18O. The topological polar surface area (TPSA) is 20.2 Å². The van der Waals surface area contributed by atoms with Crippen LogP contribution in [0.4, 0.5) is 0 Å². The molecule has 0 amide bonds. The quantitative estimate of drug-likeness (QED) is 0.754. The van der Waals surface area contributed by atoms with Crippen LogP contribution < -0.4 is 0 Å². The van der Waals surface area contributed by atoms with Gasteiger partial charge in [0.05, 0.1) is 6.10 Å². The van der Waals surface area contributed by atoms with E-state index in [9.17, 15) is 5.11 Å². The van der Waals surface area contributed by atoms with Gasteiger partial charge in [0.25, 0.3) is 0 Å². The number of aliphatic hydroxyl groups excluding tert-OH is 1. The summed E-state index contributed by atoms with van der Waals surface area (Å²) in [5.74, 6) is 0.334. The van der Waals surface area contributed by atoms with E-state index in [0.717, 1.165) is 12.0 Å². The summed E-state index contributed by atoms with van der Waals surface area (Å²) in [7, 11) is 0. The minimum absolute atomic E-state index is 0.314. The molecule has 13 heavy (non-hydrogen) atoms. The van der Waals surface area contributed by atoms with E-state index in [-0.39, 0.29) is 6.10 Å². The molecule has 1 aromatic rings. The van der Waals surface area contributed by atoms with E-state index in [2.05, 4.69) is 13.8 Å². The number of hydrogen-bond acceptors (Lipinski definition) is 1. The van der Waals surface area contributed by atoms with Crippen molar-refractivity contribution in [3.63, 3.8) is 0 Å². The third kappa shape index (κ3) is 2.31. The molecule has 0 aromatic heterocycles. The summed E-state index contributed by atoms with van der Waals surface area (Å²) in [5.41, 5.74) is 2.24. The fourth-order valence-corrected chi connectivity index (χ4v) is 1.45. The van der Waals surface area contributed by atoms with E-state index in [1.807, 2.05) is 31.2 Å². The lowest BCUT2D eigenvalue weighted by Gasteiger charge is -2.19. The Hall–Kier alpha value is -0.820. The molecule has 0 bridgehead atoms. The Bertz CT molecular complexity index is 268. The van der Waals surface area contributed by atoms with Crippen LogP contribution in [0, 0.1) is 12.8 Å². The normalized spacial score (nSPS) is 15.4. The molecule has 1 heteroatoms. The molecule has 0 aliphatic rings. The van der Waals surface area contributed by atoms with Gasteiger partial charge < -0.3 is 5.11 Å². The van der Waals surface area contributed by atoms with Gasteiger partial charge in [-0.1, -0.05) is 44.5 Å². The van der Waals surface area contributed by atoms with Crippen molar-refractivity contribution < 1.29 is 5.11 Å². The fraction of sp³-hybridized carbons (Fsp3) is 0.500. The van der Waals surface area contributed by atoms with Crippen molar-refractivity contribution in [2.45, 2.75) is 33.3 Å². The first-order chi connectivity index (χ1) is 6.16.